The molecule has 3 heteroatoms. The van der Waals surface area contributed by atoms with E-state index < -0.39 is 0 Å². The van der Waals surface area contributed by atoms with Crippen molar-refractivity contribution < 1.29 is 9.47 Å². The van der Waals surface area contributed by atoms with Crippen molar-refractivity contribution >= 4 is 0 Å². The second kappa shape index (κ2) is 8.39. The van der Waals surface area contributed by atoms with Crippen LogP contribution in [-0.4, -0.2) is 24.7 Å². The first-order chi connectivity index (χ1) is 12.2. The summed E-state index contributed by atoms with van der Waals surface area (Å²) in [5.41, 5.74) is 4.06. The number of rotatable bonds is 7. The number of hydrogen-bond acceptors (Lipinski definition) is 3. The van der Waals surface area contributed by atoms with E-state index in [1.165, 1.54) is 29.5 Å². The summed E-state index contributed by atoms with van der Waals surface area (Å²) in [7, 11) is 0. The molecule has 1 atom stereocenters. The van der Waals surface area contributed by atoms with Gasteiger partial charge in [0.15, 0.2) is 11.5 Å². The van der Waals surface area contributed by atoms with E-state index in [4.69, 9.17) is 9.47 Å². The molecule has 1 aliphatic heterocycles. The zero-order chi connectivity index (χ0) is 17.6. The summed E-state index contributed by atoms with van der Waals surface area (Å²) in [6.07, 6.45) is 2.49. The molecule has 134 valence electrons. The van der Waals surface area contributed by atoms with Crippen molar-refractivity contribution in [3.8, 4) is 11.5 Å². The Morgan fingerprint density at radius 2 is 1.80 bits per heavy atom. The zero-order valence-corrected chi connectivity index (χ0v) is 15.6. The lowest BCUT2D eigenvalue weighted by Crippen LogP contribution is -2.22. The fraction of sp³-hybridized carbons (Fsp3) is 0.455. The van der Waals surface area contributed by atoms with Gasteiger partial charge < -0.3 is 9.47 Å². The second-order valence-electron chi connectivity index (χ2n) is 6.69. The van der Waals surface area contributed by atoms with Gasteiger partial charge in [0.25, 0.3) is 0 Å². The summed E-state index contributed by atoms with van der Waals surface area (Å²) in [6.45, 7) is 9.58. The molecule has 0 N–H and O–H groups in total. The van der Waals surface area contributed by atoms with E-state index in [0.29, 0.717) is 19.3 Å². The number of aryl methyl sites for hydroxylation is 1. The SMILES string of the molecule is CCOc1ccc(CN2CCC[C@H]2c2cccc(C)c2)cc1OCC. The Hall–Kier alpha value is -2.00. The van der Waals surface area contributed by atoms with E-state index >= 15 is 0 Å². The van der Waals surface area contributed by atoms with E-state index in [1.54, 1.807) is 0 Å². The first kappa shape index (κ1) is 17.8. The number of hydrogen-bond donors (Lipinski definition) is 0. The first-order valence-corrected chi connectivity index (χ1v) is 9.40. The predicted molar refractivity (Wildman–Crippen MR) is 102 cm³/mol. The van der Waals surface area contributed by atoms with E-state index in [0.717, 1.165) is 24.6 Å². The maximum Gasteiger partial charge on any atom is 0.161 e. The molecule has 1 fully saturated rings. The van der Waals surface area contributed by atoms with Crippen LogP contribution >= 0.6 is 0 Å². The second-order valence-corrected chi connectivity index (χ2v) is 6.69. The molecule has 0 aliphatic carbocycles. The molecule has 0 aromatic heterocycles. The van der Waals surface area contributed by atoms with Crippen molar-refractivity contribution in [3.05, 3.63) is 59.2 Å². The summed E-state index contributed by atoms with van der Waals surface area (Å²) in [6, 6.07) is 15.8. The van der Waals surface area contributed by atoms with Crippen molar-refractivity contribution in [2.75, 3.05) is 19.8 Å². The van der Waals surface area contributed by atoms with Gasteiger partial charge in [-0.1, -0.05) is 35.9 Å². The molecule has 3 rings (SSSR count). The van der Waals surface area contributed by atoms with Crippen molar-refractivity contribution in [1.82, 2.24) is 4.90 Å². The van der Waals surface area contributed by atoms with Crippen LogP contribution < -0.4 is 9.47 Å². The van der Waals surface area contributed by atoms with E-state index in [-0.39, 0.29) is 0 Å². The Morgan fingerprint density at radius 1 is 1.00 bits per heavy atom. The van der Waals surface area contributed by atoms with Crippen LogP contribution in [0.1, 0.15) is 49.4 Å². The highest BCUT2D eigenvalue weighted by atomic mass is 16.5. The average molecular weight is 339 g/mol. The summed E-state index contributed by atoms with van der Waals surface area (Å²) < 4.78 is 11.5. The molecule has 0 unspecified atom stereocenters. The Morgan fingerprint density at radius 3 is 2.56 bits per heavy atom. The lowest BCUT2D eigenvalue weighted by Gasteiger charge is -2.25. The third-order valence-corrected chi connectivity index (χ3v) is 4.78. The van der Waals surface area contributed by atoms with Crippen molar-refractivity contribution in [2.24, 2.45) is 0 Å². The number of nitrogens with zero attached hydrogens (tertiary/aromatic N) is 1. The van der Waals surface area contributed by atoms with E-state index in [9.17, 15) is 0 Å². The smallest absolute Gasteiger partial charge is 0.161 e. The monoisotopic (exact) mass is 339 g/mol. The summed E-state index contributed by atoms with van der Waals surface area (Å²) >= 11 is 0. The highest BCUT2D eigenvalue weighted by molar-refractivity contribution is 5.43. The molecule has 1 aliphatic rings. The average Bonchev–Trinajstić information content (AvgIpc) is 3.06. The highest BCUT2D eigenvalue weighted by Crippen LogP contribution is 2.35. The van der Waals surface area contributed by atoms with Gasteiger partial charge in [-0.15, -0.1) is 0 Å². The van der Waals surface area contributed by atoms with Gasteiger partial charge in [0.05, 0.1) is 13.2 Å². The van der Waals surface area contributed by atoms with Crippen LogP contribution in [0, 0.1) is 6.92 Å². The molecular weight excluding hydrogens is 310 g/mol. The third-order valence-electron chi connectivity index (χ3n) is 4.78. The van der Waals surface area contributed by atoms with Gasteiger partial charge >= 0.3 is 0 Å². The lowest BCUT2D eigenvalue weighted by atomic mass is 10.0. The summed E-state index contributed by atoms with van der Waals surface area (Å²) in [5, 5.41) is 0. The Labute approximate surface area is 151 Å². The Kier molecular flexibility index (Phi) is 5.98. The third kappa shape index (κ3) is 4.35. The maximum atomic E-state index is 5.78. The molecule has 0 radical (unpaired) electrons. The summed E-state index contributed by atoms with van der Waals surface area (Å²) in [4.78, 5) is 2.58. The number of ether oxygens (including phenoxy) is 2. The fourth-order valence-corrected chi connectivity index (χ4v) is 3.70. The molecule has 1 heterocycles. The molecule has 2 aromatic carbocycles. The predicted octanol–water partition coefficient (Wildman–Crippen LogP) is 5.13. The minimum Gasteiger partial charge on any atom is -0.490 e. The fourth-order valence-electron chi connectivity index (χ4n) is 3.70. The molecule has 0 saturated carbocycles. The molecule has 0 amide bonds. The standard InChI is InChI=1S/C22H29NO2/c1-4-24-21-12-11-18(15-22(21)25-5-2)16-23-13-7-10-20(23)19-9-6-8-17(3)14-19/h6,8-9,11-12,14-15,20H,4-5,7,10,13,16H2,1-3H3/t20-/m0/s1. The van der Waals surface area contributed by atoms with Gasteiger partial charge in [0.2, 0.25) is 0 Å². The molecule has 1 saturated heterocycles. The van der Waals surface area contributed by atoms with Crippen molar-refractivity contribution in [3.63, 3.8) is 0 Å². The zero-order valence-electron chi connectivity index (χ0n) is 15.6. The molecule has 0 spiro atoms. The maximum absolute atomic E-state index is 5.78. The first-order valence-electron chi connectivity index (χ1n) is 9.40. The van der Waals surface area contributed by atoms with Crippen LogP contribution in [0.15, 0.2) is 42.5 Å². The van der Waals surface area contributed by atoms with Crippen molar-refractivity contribution in [1.29, 1.82) is 0 Å². The van der Waals surface area contributed by atoms with Gasteiger partial charge in [0, 0.05) is 12.6 Å². The van der Waals surface area contributed by atoms with Crippen LogP contribution in [0.4, 0.5) is 0 Å². The van der Waals surface area contributed by atoms with Crippen LogP contribution in [0.2, 0.25) is 0 Å². The normalized spacial score (nSPS) is 17.6. The van der Waals surface area contributed by atoms with Crippen LogP contribution in [0.25, 0.3) is 0 Å². The van der Waals surface area contributed by atoms with Gasteiger partial charge in [-0.3, -0.25) is 4.90 Å². The highest BCUT2D eigenvalue weighted by Gasteiger charge is 2.26. The minimum absolute atomic E-state index is 0.516. The number of likely N-dealkylation sites (tertiary alicyclic amines) is 1. The van der Waals surface area contributed by atoms with Gasteiger partial charge in [-0.25, -0.2) is 0 Å². The van der Waals surface area contributed by atoms with E-state index in [2.05, 4.69) is 48.2 Å². The van der Waals surface area contributed by atoms with Crippen LogP contribution in [-0.2, 0) is 6.54 Å². The quantitative estimate of drug-likeness (QED) is 0.698. The van der Waals surface area contributed by atoms with Crippen LogP contribution in [0.3, 0.4) is 0 Å². The Bertz CT molecular complexity index is 698. The Balaban J connectivity index is 1.77. The minimum atomic E-state index is 0.516. The largest absolute Gasteiger partial charge is 0.490 e. The topological polar surface area (TPSA) is 21.7 Å². The molecule has 0 bridgehead atoms. The lowest BCUT2D eigenvalue weighted by molar-refractivity contribution is 0.247. The van der Waals surface area contributed by atoms with E-state index in [1.807, 2.05) is 19.9 Å². The van der Waals surface area contributed by atoms with Gasteiger partial charge in [0.1, 0.15) is 0 Å². The molecule has 25 heavy (non-hydrogen) atoms. The van der Waals surface area contributed by atoms with Gasteiger partial charge in [-0.2, -0.15) is 0 Å². The van der Waals surface area contributed by atoms with Crippen molar-refractivity contribution in [2.45, 2.75) is 46.2 Å². The molecular formula is C22H29NO2. The van der Waals surface area contributed by atoms with Gasteiger partial charge in [-0.05, 0) is 63.4 Å². The van der Waals surface area contributed by atoms with Crippen LogP contribution in [0.5, 0.6) is 11.5 Å². The summed E-state index contributed by atoms with van der Waals surface area (Å²) in [5.74, 6) is 1.69. The molecule has 3 nitrogen and oxygen atoms in total. The number of benzene rings is 2. The molecule has 2 aromatic rings.